The minimum Gasteiger partial charge on any atom is -0.508 e. The van der Waals surface area contributed by atoms with E-state index in [2.05, 4.69) is 20.8 Å². The second-order valence-corrected chi connectivity index (χ2v) is 9.66. The molecule has 0 aliphatic carbocycles. The van der Waals surface area contributed by atoms with Crippen LogP contribution in [0.25, 0.3) is 0 Å². The van der Waals surface area contributed by atoms with E-state index in [1.54, 1.807) is 26.0 Å². The van der Waals surface area contributed by atoms with Crippen LogP contribution in [0.2, 0.25) is 0 Å². The Morgan fingerprint density at radius 1 is 0.750 bits per heavy atom. The van der Waals surface area contributed by atoms with Crippen molar-refractivity contribution in [1.82, 2.24) is 10.7 Å². The maximum Gasteiger partial charge on any atom is 0.335 e. The molecular weight excluding hydrogens is 512 g/mol. The van der Waals surface area contributed by atoms with Crippen LogP contribution in [0.3, 0.4) is 0 Å². The monoisotopic (exact) mass is 554 g/mol. The number of phenolic OH excluding ortho intramolecular Hbond substituents is 4. The number of hydrazone groups is 1. The summed E-state index contributed by atoms with van der Waals surface area (Å²) in [4.78, 5) is 28.8. The number of nitrogens with one attached hydrogen (secondary N) is 2. The van der Waals surface area contributed by atoms with Gasteiger partial charge in [-0.1, -0.05) is 33.1 Å². The number of carbonyl (C=O) groups is 2. The van der Waals surface area contributed by atoms with Crippen molar-refractivity contribution in [2.75, 3.05) is 13.1 Å². The minimum absolute atomic E-state index is 0.00680. The maximum absolute atomic E-state index is 12.3. The van der Waals surface area contributed by atoms with E-state index in [4.69, 9.17) is 0 Å². The van der Waals surface area contributed by atoms with Crippen LogP contribution in [-0.4, -0.2) is 56.8 Å². The zero-order valence-electron chi connectivity index (χ0n) is 23.9. The van der Waals surface area contributed by atoms with Gasteiger partial charge in [0.2, 0.25) is 0 Å². The molecule has 2 rings (SSSR count). The van der Waals surface area contributed by atoms with Crippen LogP contribution >= 0.6 is 0 Å². The molecule has 0 saturated heterocycles. The molecule has 0 radical (unpaired) electrons. The number of ketones is 1. The van der Waals surface area contributed by atoms with Gasteiger partial charge in [0.05, 0.1) is 12.3 Å². The lowest BCUT2D eigenvalue weighted by molar-refractivity contribution is -0.117. The molecule has 10 heteroatoms. The summed E-state index contributed by atoms with van der Waals surface area (Å²) < 4.78 is 0. The number of phenols is 4. The number of unbranched alkanes of at least 4 members (excludes halogenated alkanes) is 4. The fourth-order valence-corrected chi connectivity index (χ4v) is 4.16. The van der Waals surface area contributed by atoms with E-state index in [0.717, 1.165) is 32.1 Å². The van der Waals surface area contributed by atoms with E-state index >= 15 is 0 Å². The van der Waals surface area contributed by atoms with Crippen LogP contribution < -0.4 is 10.7 Å². The van der Waals surface area contributed by atoms with Gasteiger partial charge in [-0.2, -0.15) is 5.10 Å². The number of carbonyl (C=O) groups excluding carboxylic acids is 2. The molecule has 0 fully saturated rings. The molecule has 0 aliphatic heterocycles. The quantitative estimate of drug-likeness (QED) is 0.0987. The number of Topliss-reactive ketones (excluding diaryl/α,β-unsaturated/α-hetero) is 1. The normalized spacial score (nSPS) is 11.9. The van der Waals surface area contributed by atoms with Crippen molar-refractivity contribution in [1.29, 1.82) is 0 Å². The van der Waals surface area contributed by atoms with Crippen molar-refractivity contribution in [2.45, 2.75) is 79.1 Å². The van der Waals surface area contributed by atoms with Crippen molar-refractivity contribution in [3.05, 3.63) is 46.5 Å². The molecule has 0 spiro atoms. The number of hydrogen-bond donors (Lipinski definition) is 6. The largest absolute Gasteiger partial charge is 0.508 e. The Bertz CT molecular complexity index is 1140. The first-order valence-electron chi connectivity index (χ1n) is 13.8. The average Bonchev–Trinajstić information content (AvgIpc) is 2.94. The van der Waals surface area contributed by atoms with Gasteiger partial charge in [-0.25, -0.2) is 10.2 Å². The van der Waals surface area contributed by atoms with E-state index in [-0.39, 0.29) is 35.3 Å². The predicted molar refractivity (Wildman–Crippen MR) is 157 cm³/mol. The van der Waals surface area contributed by atoms with E-state index in [9.17, 15) is 30.0 Å². The van der Waals surface area contributed by atoms with Gasteiger partial charge < -0.3 is 25.7 Å². The van der Waals surface area contributed by atoms with Gasteiger partial charge in [0.15, 0.2) is 5.78 Å². The molecule has 0 bridgehead atoms. The summed E-state index contributed by atoms with van der Waals surface area (Å²) in [6, 6.07) is 5.74. The number of benzene rings is 2. The first-order chi connectivity index (χ1) is 19.1. The van der Waals surface area contributed by atoms with Gasteiger partial charge in [-0.05, 0) is 63.8 Å². The zero-order chi connectivity index (χ0) is 29.7. The fourth-order valence-electron chi connectivity index (χ4n) is 4.16. The van der Waals surface area contributed by atoms with Gasteiger partial charge in [0.25, 0.3) is 0 Å². The lowest BCUT2D eigenvalue weighted by Gasteiger charge is -2.11. The molecular formula is C30H42N4O6. The van der Waals surface area contributed by atoms with Crippen molar-refractivity contribution in [3.8, 4) is 23.0 Å². The molecule has 0 atom stereocenters. The smallest absolute Gasteiger partial charge is 0.335 e. The summed E-state index contributed by atoms with van der Waals surface area (Å²) in [5.41, 5.74) is 5.33. The molecule has 10 nitrogen and oxygen atoms in total. The fraction of sp³-hybridized carbons (Fsp3) is 0.467. The van der Waals surface area contributed by atoms with Crippen LogP contribution in [0.4, 0.5) is 4.79 Å². The first kappa shape index (κ1) is 32.1. The average molecular weight is 555 g/mol. The number of nitrogens with zero attached hydrogens (tertiary/aromatic N) is 2. The molecule has 2 aromatic rings. The number of aliphatic imine (C=N–C) groups is 1. The van der Waals surface area contributed by atoms with E-state index in [0.29, 0.717) is 59.5 Å². The topological polar surface area (TPSA) is 164 Å². The number of rotatable bonds is 15. The Kier molecular flexibility index (Phi) is 13.0. The third kappa shape index (κ3) is 9.29. The third-order valence-electron chi connectivity index (χ3n) is 6.75. The lowest BCUT2D eigenvalue weighted by Crippen LogP contribution is -2.33. The van der Waals surface area contributed by atoms with Crippen LogP contribution in [0.15, 0.2) is 34.4 Å². The summed E-state index contributed by atoms with van der Waals surface area (Å²) in [5, 5.41) is 46.8. The van der Waals surface area contributed by atoms with E-state index in [1.807, 2.05) is 13.8 Å². The highest BCUT2D eigenvalue weighted by Gasteiger charge is 2.14. The molecule has 0 unspecified atom stereocenters. The molecule has 0 aliphatic rings. The predicted octanol–water partition coefficient (Wildman–Crippen LogP) is 5.35. The van der Waals surface area contributed by atoms with Crippen molar-refractivity contribution >= 4 is 23.2 Å². The maximum atomic E-state index is 12.3. The third-order valence-corrected chi connectivity index (χ3v) is 6.75. The molecule has 40 heavy (non-hydrogen) atoms. The molecule has 6 N–H and O–H groups in total. The Morgan fingerprint density at radius 2 is 1.27 bits per heavy atom. The number of amides is 2. The zero-order valence-corrected chi connectivity index (χ0v) is 23.9. The van der Waals surface area contributed by atoms with Crippen LogP contribution in [0, 0.1) is 13.8 Å². The first-order valence-corrected chi connectivity index (χ1v) is 13.8. The van der Waals surface area contributed by atoms with Crippen LogP contribution in [0.5, 0.6) is 23.0 Å². The van der Waals surface area contributed by atoms with Crippen molar-refractivity contribution < 1.29 is 30.0 Å². The highest BCUT2D eigenvalue weighted by Crippen LogP contribution is 2.31. The van der Waals surface area contributed by atoms with Gasteiger partial charge in [-0.15, -0.1) is 0 Å². The summed E-state index contributed by atoms with van der Waals surface area (Å²) in [7, 11) is 0. The Hall–Kier alpha value is -4.08. The lowest BCUT2D eigenvalue weighted by atomic mass is 10.0. The van der Waals surface area contributed by atoms with Gasteiger partial charge in [0, 0.05) is 40.9 Å². The Balaban J connectivity index is 1.64. The molecule has 0 heterocycles. The second kappa shape index (κ2) is 16.1. The number of urea groups is 1. The van der Waals surface area contributed by atoms with E-state index < -0.39 is 6.03 Å². The van der Waals surface area contributed by atoms with Crippen LogP contribution in [0.1, 0.15) is 87.5 Å². The highest BCUT2D eigenvalue weighted by atomic mass is 16.3. The second-order valence-electron chi connectivity index (χ2n) is 9.66. The summed E-state index contributed by atoms with van der Waals surface area (Å²) in [6.45, 7) is 7.55. The standard InChI is InChI=1S/C30H42N4O6/c1-5-24(22-13-15-26(36)19(3)28(22)38)32-18-21(35)12-10-8-7-9-11-17-31-30(40)34-33-25(6-2)23-14-16-27(37)20(4)29(23)39/h13-16,36-39H,5-12,17-18H2,1-4H3,(H2,31,34,40)/b32-24?,33-25+. The van der Waals surface area contributed by atoms with Gasteiger partial charge >= 0.3 is 6.03 Å². The summed E-state index contributed by atoms with van der Waals surface area (Å²) in [6.07, 6.45) is 5.80. The Labute approximate surface area is 235 Å². The SMILES string of the molecule is CCC(=NCC(=O)CCCCCCCNC(=O)N/N=C(\CC)c1ccc(O)c(C)c1O)c1ccc(O)c(C)c1O. The number of hydrogen-bond acceptors (Lipinski definition) is 8. The van der Waals surface area contributed by atoms with Gasteiger partial charge in [0.1, 0.15) is 23.0 Å². The van der Waals surface area contributed by atoms with Crippen molar-refractivity contribution in [3.63, 3.8) is 0 Å². The summed E-state index contributed by atoms with van der Waals surface area (Å²) in [5.74, 6) is -0.0181. The molecule has 2 amide bonds. The van der Waals surface area contributed by atoms with Crippen LogP contribution in [-0.2, 0) is 4.79 Å². The van der Waals surface area contributed by atoms with E-state index in [1.165, 1.54) is 12.1 Å². The van der Waals surface area contributed by atoms with Gasteiger partial charge in [-0.3, -0.25) is 9.79 Å². The molecule has 2 aromatic carbocycles. The molecule has 218 valence electrons. The molecule has 0 aromatic heterocycles. The molecule has 0 saturated carbocycles. The highest BCUT2D eigenvalue weighted by molar-refractivity contribution is 6.04. The van der Waals surface area contributed by atoms with Crippen molar-refractivity contribution in [2.24, 2.45) is 10.1 Å². The number of aromatic hydroxyl groups is 4. The Morgan fingerprint density at radius 3 is 1.85 bits per heavy atom. The minimum atomic E-state index is -0.436. The summed E-state index contributed by atoms with van der Waals surface area (Å²) >= 11 is 0.